The molecular weight excluding hydrogens is 285 g/mol. The number of hydrogen-bond donors (Lipinski definition) is 1. The minimum absolute atomic E-state index is 0.00200. The van der Waals surface area contributed by atoms with Gasteiger partial charge in [0.2, 0.25) is 0 Å². The molecule has 0 aliphatic rings. The number of rotatable bonds is 3. The van der Waals surface area contributed by atoms with E-state index < -0.39 is 12.0 Å². The minimum Gasteiger partial charge on any atom is -0.478 e. The maximum absolute atomic E-state index is 13.2. The number of carbonyl (C=O) groups excluding carboxylic acids is 1. The number of nitrogens with zero attached hydrogens (tertiary/aromatic N) is 1. The number of pyridine rings is 1. The highest BCUT2D eigenvalue weighted by Gasteiger charge is 2.19. The van der Waals surface area contributed by atoms with E-state index in [-0.39, 0.29) is 16.6 Å². The number of para-hydroxylation sites is 1. The van der Waals surface area contributed by atoms with Crippen LogP contribution in [0, 0.1) is 0 Å². The van der Waals surface area contributed by atoms with Gasteiger partial charge in [-0.3, -0.25) is 9.78 Å². The molecule has 0 aliphatic carbocycles. The largest absolute Gasteiger partial charge is 0.478 e. The van der Waals surface area contributed by atoms with Crippen molar-refractivity contribution in [3.8, 4) is 11.1 Å². The zero-order valence-corrected chi connectivity index (χ0v) is 11.3. The number of carbonyl (C=O) groups is 2. The first kappa shape index (κ1) is 13.9. The SMILES string of the molecule is O=C(O)c1cnc2c(C(=O)F)cccc2c1-c1ccccc1. The Morgan fingerprint density at radius 3 is 2.32 bits per heavy atom. The zero-order chi connectivity index (χ0) is 15.7. The number of carboxylic acid groups (broad SMARTS) is 1. The molecule has 4 nitrogen and oxygen atoms in total. The molecule has 0 aliphatic heterocycles. The predicted octanol–water partition coefficient (Wildman–Crippen LogP) is 3.71. The van der Waals surface area contributed by atoms with Crippen molar-refractivity contribution in [2.45, 2.75) is 0 Å². The smallest absolute Gasteiger partial charge is 0.337 e. The van der Waals surface area contributed by atoms with Crippen molar-refractivity contribution in [2.24, 2.45) is 0 Å². The topological polar surface area (TPSA) is 67.3 Å². The molecule has 5 heteroatoms. The Bertz CT molecular complexity index is 891. The summed E-state index contributed by atoms with van der Waals surface area (Å²) < 4.78 is 13.2. The number of fused-ring (bicyclic) bond motifs is 1. The minimum atomic E-state index is -1.60. The highest BCUT2D eigenvalue weighted by Crippen LogP contribution is 2.32. The van der Waals surface area contributed by atoms with E-state index in [1.807, 2.05) is 6.07 Å². The molecule has 3 rings (SSSR count). The van der Waals surface area contributed by atoms with E-state index in [4.69, 9.17) is 0 Å². The predicted molar refractivity (Wildman–Crippen MR) is 79.6 cm³/mol. The Balaban J connectivity index is 2.45. The van der Waals surface area contributed by atoms with Gasteiger partial charge in [0, 0.05) is 17.1 Å². The van der Waals surface area contributed by atoms with Crippen LogP contribution in [0.25, 0.3) is 22.0 Å². The lowest BCUT2D eigenvalue weighted by Crippen LogP contribution is -2.03. The van der Waals surface area contributed by atoms with Crippen molar-refractivity contribution in [2.75, 3.05) is 0 Å². The number of carboxylic acids is 1. The molecule has 0 radical (unpaired) electrons. The highest BCUT2D eigenvalue weighted by molar-refractivity contribution is 6.11. The summed E-state index contributed by atoms with van der Waals surface area (Å²) in [6.07, 6.45) is 1.15. The Labute approximate surface area is 124 Å². The second kappa shape index (κ2) is 5.37. The van der Waals surface area contributed by atoms with Crippen LogP contribution < -0.4 is 0 Å². The number of halogens is 1. The monoisotopic (exact) mass is 295 g/mol. The van der Waals surface area contributed by atoms with Gasteiger partial charge in [0.05, 0.1) is 16.6 Å². The van der Waals surface area contributed by atoms with E-state index in [1.165, 1.54) is 12.1 Å². The van der Waals surface area contributed by atoms with Crippen LogP contribution in [0.3, 0.4) is 0 Å². The van der Waals surface area contributed by atoms with Gasteiger partial charge in [-0.1, -0.05) is 42.5 Å². The number of hydrogen-bond acceptors (Lipinski definition) is 3. The van der Waals surface area contributed by atoms with Gasteiger partial charge in [-0.15, -0.1) is 0 Å². The Morgan fingerprint density at radius 1 is 0.955 bits per heavy atom. The van der Waals surface area contributed by atoms with Gasteiger partial charge < -0.3 is 5.11 Å². The Morgan fingerprint density at radius 2 is 1.68 bits per heavy atom. The van der Waals surface area contributed by atoms with Crippen LogP contribution in [0.4, 0.5) is 4.39 Å². The molecule has 2 aromatic carbocycles. The third kappa shape index (κ3) is 2.22. The molecule has 1 N–H and O–H groups in total. The normalized spacial score (nSPS) is 10.6. The van der Waals surface area contributed by atoms with Gasteiger partial charge >= 0.3 is 12.0 Å². The highest BCUT2D eigenvalue weighted by atomic mass is 19.1. The molecule has 0 bridgehead atoms. The molecular formula is C17H10FNO3. The first-order valence-corrected chi connectivity index (χ1v) is 6.50. The van der Waals surface area contributed by atoms with Crippen LogP contribution >= 0.6 is 0 Å². The van der Waals surface area contributed by atoms with Gasteiger partial charge in [-0.25, -0.2) is 4.79 Å². The maximum atomic E-state index is 13.2. The lowest BCUT2D eigenvalue weighted by atomic mass is 9.95. The van der Waals surface area contributed by atoms with Gasteiger partial charge in [0.25, 0.3) is 0 Å². The van der Waals surface area contributed by atoms with Crippen molar-refractivity contribution >= 4 is 22.9 Å². The van der Waals surface area contributed by atoms with Crippen molar-refractivity contribution < 1.29 is 19.1 Å². The lowest BCUT2D eigenvalue weighted by Gasteiger charge is -2.11. The fourth-order valence-electron chi connectivity index (χ4n) is 2.46. The number of benzene rings is 2. The van der Waals surface area contributed by atoms with Crippen LogP contribution in [-0.2, 0) is 0 Å². The maximum Gasteiger partial charge on any atom is 0.337 e. The van der Waals surface area contributed by atoms with E-state index in [1.54, 1.807) is 30.3 Å². The molecule has 0 spiro atoms. The third-order valence-electron chi connectivity index (χ3n) is 3.40. The van der Waals surface area contributed by atoms with Gasteiger partial charge in [-0.2, -0.15) is 4.39 Å². The average molecular weight is 295 g/mol. The Kier molecular flexibility index (Phi) is 3.39. The summed E-state index contributed by atoms with van der Waals surface area (Å²) >= 11 is 0. The van der Waals surface area contributed by atoms with Crippen LogP contribution in [0.5, 0.6) is 0 Å². The van der Waals surface area contributed by atoms with E-state index >= 15 is 0 Å². The molecule has 1 heterocycles. The zero-order valence-electron chi connectivity index (χ0n) is 11.3. The lowest BCUT2D eigenvalue weighted by molar-refractivity contribution is 0.0697. The molecule has 0 saturated carbocycles. The molecule has 0 saturated heterocycles. The van der Waals surface area contributed by atoms with E-state index in [0.717, 1.165) is 6.20 Å². The molecule has 22 heavy (non-hydrogen) atoms. The molecule has 0 atom stereocenters. The van der Waals surface area contributed by atoms with Crippen LogP contribution in [0.15, 0.2) is 54.7 Å². The first-order chi connectivity index (χ1) is 10.6. The molecule has 0 fully saturated rings. The molecule has 108 valence electrons. The van der Waals surface area contributed by atoms with E-state index in [0.29, 0.717) is 16.5 Å². The van der Waals surface area contributed by atoms with Gasteiger partial charge in [-0.05, 0) is 11.6 Å². The van der Waals surface area contributed by atoms with Crippen LogP contribution in [0.1, 0.15) is 20.7 Å². The third-order valence-corrected chi connectivity index (χ3v) is 3.40. The molecule has 0 unspecified atom stereocenters. The number of aromatic carboxylic acids is 1. The fraction of sp³-hybridized carbons (Fsp3) is 0. The molecule has 3 aromatic rings. The summed E-state index contributed by atoms with van der Waals surface area (Å²) in [4.78, 5) is 26.5. The fourth-order valence-corrected chi connectivity index (χ4v) is 2.46. The summed E-state index contributed by atoms with van der Waals surface area (Å²) in [7, 11) is 0. The summed E-state index contributed by atoms with van der Waals surface area (Å²) in [6, 6.07) is 11.7. The second-order valence-corrected chi connectivity index (χ2v) is 4.69. The summed E-state index contributed by atoms with van der Waals surface area (Å²) in [5, 5.41) is 9.81. The van der Waals surface area contributed by atoms with Crippen molar-refractivity contribution in [3.63, 3.8) is 0 Å². The second-order valence-electron chi connectivity index (χ2n) is 4.69. The quantitative estimate of drug-likeness (QED) is 0.748. The van der Waals surface area contributed by atoms with Crippen molar-refractivity contribution in [3.05, 3.63) is 65.9 Å². The summed E-state index contributed by atoms with van der Waals surface area (Å²) in [5.41, 5.74) is 1.06. The average Bonchev–Trinajstić information content (AvgIpc) is 2.53. The molecule has 1 aromatic heterocycles. The van der Waals surface area contributed by atoms with Crippen molar-refractivity contribution in [1.29, 1.82) is 0 Å². The summed E-state index contributed by atoms with van der Waals surface area (Å²) in [6.45, 7) is 0. The van der Waals surface area contributed by atoms with Crippen LogP contribution in [0.2, 0.25) is 0 Å². The van der Waals surface area contributed by atoms with E-state index in [2.05, 4.69) is 4.98 Å². The van der Waals surface area contributed by atoms with Gasteiger partial charge in [0.15, 0.2) is 0 Å². The van der Waals surface area contributed by atoms with Crippen LogP contribution in [-0.4, -0.2) is 22.1 Å². The summed E-state index contributed by atoms with van der Waals surface area (Å²) in [5.74, 6) is -1.13. The number of aromatic nitrogens is 1. The van der Waals surface area contributed by atoms with E-state index in [9.17, 15) is 19.1 Å². The molecule has 0 amide bonds. The standard InChI is InChI=1S/C17H10FNO3/c18-16(20)12-8-4-7-11-14(10-5-2-1-3-6-10)13(17(21)22)9-19-15(11)12/h1-9H,(H,21,22). The van der Waals surface area contributed by atoms with Crippen molar-refractivity contribution in [1.82, 2.24) is 4.98 Å². The van der Waals surface area contributed by atoms with Gasteiger partial charge in [0.1, 0.15) is 0 Å². The Hall–Kier alpha value is -3.08. The first-order valence-electron chi connectivity index (χ1n) is 6.50.